The van der Waals surface area contributed by atoms with E-state index in [1.165, 1.54) is 38.5 Å². The van der Waals surface area contributed by atoms with Crippen LogP contribution in [0, 0.1) is 5.92 Å². The van der Waals surface area contributed by atoms with Crippen LogP contribution in [0.1, 0.15) is 58.3 Å². The van der Waals surface area contributed by atoms with Crippen molar-refractivity contribution >= 4 is 6.29 Å². The fourth-order valence-electron chi connectivity index (χ4n) is 1.69. The maximum absolute atomic E-state index is 10.6. The van der Waals surface area contributed by atoms with E-state index in [0.29, 0.717) is 0 Å². The van der Waals surface area contributed by atoms with Gasteiger partial charge in [0, 0.05) is 5.92 Å². The molecule has 0 aliphatic carbocycles. The second-order valence-corrected chi connectivity index (χ2v) is 4.31. The lowest BCUT2D eigenvalue weighted by molar-refractivity contribution is -0.109. The third kappa shape index (κ3) is 9.70. The maximum atomic E-state index is 10.6. The Bertz CT molecular complexity index is 194. The first-order chi connectivity index (χ1) is 7.85. The zero-order chi connectivity index (χ0) is 12.1. The van der Waals surface area contributed by atoms with Crippen LogP contribution in [-0.4, -0.2) is 6.29 Å². The molecule has 1 unspecified atom stereocenters. The first kappa shape index (κ1) is 15.2. The molecule has 0 aromatic carbocycles. The number of hydrogen-bond donors (Lipinski definition) is 0. The van der Waals surface area contributed by atoms with Crippen molar-refractivity contribution in [3.8, 4) is 0 Å². The minimum Gasteiger partial charge on any atom is -0.303 e. The monoisotopic (exact) mass is 222 g/mol. The number of carbonyl (C=O) groups is 1. The van der Waals surface area contributed by atoms with Gasteiger partial charge in [0.05, 0.1) is 0 Å². The van der Waals surface area contributed by atoms with E-state index in [4.69, 9.17) is 0 Å². The Morgan fingerprint density at radius 1 is 1.12 bits per heavy atom. The number of aldehydes is 1. The van der Waals surface area contributed by atoms with E-state index in [-0.39, 0.29) is 5.92 Å². The van der Waals surface area contributed by atoms with Crippen LogP contribution >= 0.6 is 0 Å². The van der Waals surface area contributed by atoms with Crippen LogP contribution in [0.2, 0.25) is 0 Å². The molecule has 0 amide bonds. The Morgan fingerprint density at radius 3 is 2.44 bits per heavy atom. The van der Waals surface area contributed by atoms with E-state index in [1.807, 2.05) is 6.08 Å². The number of allylic oxidation sites excluding steroid dienone is 3. The molecular weight excluding hydrogens is 196 g/mol. The molecule has 1 heteroatoms. The molecular formula is C15H26O. The van der Waals surface area contributed by atoms with Gasteiger partial charge < -0.3 is 4.79 Å². The Labute approximate surface area is 101 Å². The first-order valence-corrected chi connectivity index (χ1v) is 6.58. The van der Waals surface area contributed by atoms with E-state index in [0.717, 1.165) is 19.1 Å². The normalized spacial score (nSPS) is 12.8. The summed E-state index contributed by atoms with van der Waals surface area (Å²) in [5, 5.41) is 0. The van der Waals surface area contributed by atoms with Gasteiger partial charge >= 0.3 is 0 Å². The Balaban J connectivity index is 3.38. The molecule has 0 aliphatic heterocycles. The molecule has 92 valence electrons. The van der Waals surface area contributed by atoms with Gasteiger partial charge in [-0.05, 0) is 19.3 Å². The van der Waals surface area contributed by atoms with Gasteiger partial charge in [0.15, 0.2) is 0 Å². The van der Waals surface area contributed by atoms with E-state index < -0.39 is 0 Å². The third-order valence-corrected chi connectivity index (χ3v) is 2.72. The van der Waals surface area contributed by atoms with Gasteiger partial charge in [-0.2, -0.15) is 0 Å². The lowest BCUT2D eigenvalue weighted by atomic mass is 10.1. The molecule has 0 aromatic heterocycles. The fourth-order valence-corrected chi connectivity index (χ4v) is 1.69. The summed E-state index contributed by atoms with van der Waals surface area (Å²) in [5.41, 5.74) is 0. The topological polar surface area (TPSA) is 17.1 Å². The van der Waals surface area contributed by atoms with Crippen LogP contribution < -0.4 is 0 Å². The third-order valence-electron chi connectivity index (χ3n) is 2.72. The van der Waals surface area contributed by atoms with Crippen LogP contribution in [0.15, 0.2) is 24.8 Å². The molecule has 0 spiro atoms. The standard InChI is InChI=1S/C15H26O/c1-3-5-6-7-8-9-10-11-13-15(14-16)12-4-2/h4,11,13-15H,2-3,5-10,12H2,1H3. The second-order valence-electron chi connectivity index (χ2n) is 4.31. The SMILES string of the molecule is C=CCC(C=O)C=CCCCCCCCC. The van der Waals surface area contributed by atoms with E-state index in [9.17, 15) is 4.79 Å². The van der Waals surface area contributed by atoms with E-state index >= 15 is 0 Å². The molecule has 0 fully saturated rings. The summed E-state index contributed by atoms with van der Waals surface area (Å²) in [5.74, 6) is 0.0394. The molecule has 1 atom stereocenters. The number of rotatable bonds is 11. The maximum Gasteiger partial charge on any atom is 0.127 e. The summed E-state index contributed by atoms with van der Waals surface area (Å²) in [6, 6.07) is 0. The van der Waals surface area contributed by atoms with Gasteiger partial charge in [-0.25, -0.2) is 0 Å². The zero-order valence-corrected chi connectivity index (χ0v) is 10.7. The van der Waals surface area contributed by atoms with Gasteiger partial charge in [-0.15, -0.1) is 6.58 Å². The molecule has 0 aliphatic rings. The lowest BCUT2D eigenvalue weighted by Gasteiger charge is -2.00. The highest BCUT2D eigenvalue weighted by molar-refractivity contribution is 5.56. The van der Waals surface area contributed by atoms with Crippen molar-refractivity contribution < 1.29 is 4.79 Å². The fraction of sp³-hybridized carbons (Fsp3) is 0.667. The average Bonchev–Trinajstić information content (AvgIpc) is 2.31. The summed E-state index contributed by atoms with van der Waals surface area (Å²) in [6.07, 6.45) is 16.8. The van der Waals surface area contributed by atoms with Gasteiger partial charge in [0.2, 0.25) is 0 Å². The quantitative estimate of drug-likeness (QED) is 0.282. The molecule has 0 radical (unpaired) electrons. The van der Waals surface area contributed by atoms with Crippen LogP contribution in [0.3, 0.4) is 0 Å². The van der Waals surface area contributed by atoms with Crippen molar-refractivity contribution in [1.29, 1.82) is 0 Å². The molecule has 0 saturated carbocycles. The van der Waals surface area contributed by atoms with Crippen molar-refractivity contribution in [1.82, 2.24) is 0 Å². The Morgan fingerprint density at radius 2 is 1.81 bits per heavy atom. The summed E-state index contributed by atoms with van der Waals surface area (Å²) in [7, 11) is 0. The first-order valence-electron chi connectivity index (χ1n) is 6.58. The van der Waals surface area contributed by atoms with Gasteiger partial charge in [0.1, 0.15) is 6.29 Å². The van der Waals surface area contributed by atoms with E-state index in [2.05, 4.69) is 19.6 Å². The number of hydrogen-bond acceptors (Lipinski definition) is 1. The lowest BCUT2D eigenvalue weighted by Crippen LogP contribution is -1.94. The Kier molecular flexibility index (Phi) is 11.6. The average molecular weight is 222 g/mol. The predicted molar refractivity (Wildman–Crippen MR) is 71.5 cm³/mol. The minimum absolute atomic E-state index is 0.0394. The summed E-state index contributed by atoms with van der Waals surface area (Å²) in [4.78, 5) is 10.6. The van der Waals surface area contributed by atoms with Crippen molar-refractivity contribution in [2.45, 2.75) is 58.3 Å². The van der Waals surface area contributed by atoms with Crippen LogP contribution in [-0.2, 0) is 4.79 Å². The summed E-state index contributed by atoms with van der Waals surface area (Å²) in [6.45, 7) is 5.88. The molecule has 0 heterocycles. The molecule has 0 bridgehead atoms. The van der Waals surface area contributed by atoms with Crippen molar-refractivity contribution in [2.24, 2.45) is 5.92 Å². The molecule has 1 nitrogen and oxygen atoms in total. The number of carbonyl (C=O) groups excluding carboxylic acids is 1. The largest absolute Gasteiger partial charge is 0.303 e. The zero-order valence-electron chi connectivity index (χ0n) is 10.7. The molecule has 0 saturated heterocycles. The second kappa shape index (κ2) is 12.2. The van der Waals surface area contributed by atoms with Crippen molar-refractivity contribution in [3.63, 3.8) is 0 Å². The number of unbranched alkanes of at least 4 members (excludes halogenated alkanes) is 6. The summed E-state index contributed by atoms with van der Waals surface area (Å²) < 4.78 is 0. The van der Waals surface area contributed by atoms with Crippen molar-refractivity contribution in [3.05, 3.63) is 24.8 Å². The molecule has 16 heavy (non-hydrogen) atoms. The Hall–Kier alpha value is -0.850. The predicted octanol–water partition coefficient (Wildman–Crippen LogP) is 4.68. The van der Waals surface area contributed by atoms with E-state index in [1.54, 1.807) is 6.08 Å². The molecule has 0 N–H and O–H groups in total. The highest BCUT2D eigenvalue weighted by Crippen LogP contribution is 2.08. The van der Waals surface area contributed by atoms with Crippen LogP contribution in [0.25, 0.3) is 0 Å². The minimum atomic E-state index is 0.0394. The van der Waals surface area contributed by atoms with Gasteiger partial charge in [-0.3, -0.25) is 0 Å². The van der Waals surface area contributed by atoms with Gasteiger partial charge in [0.25, 0.3) is 0 Å². The highest BCUT2D eigenvalue weighted by Gasteiger charge is 1.97. The summed E-state index contributed by atoms with van der Waals surface area (Å²) >= 11 is 0. The van der Waals surface area contributed by atoms with Crippen LogP contribution in [0.5, 0.6) is 0 Å². The molecule has 0 rings (SSSR count). The molecule has 0 aromatic rings. The smallest absolute Gasteiger partial charge is 0.127 e. The highest BCUT2D eigenvalue weighted by atomic mass is 16.1. The van der Waals surface area contributed by atoms with Crippen LogP contribution in [0.4, 0.5) is 0 Å². The van der Waals surface area contributed by atoms with Crippen molar-refractivity contribution in [2.75, 3.05) is 0 Å². The van der Waals surface area contributed by atoms with Gasteiger partial charge in [-0.1, -0.05) is 57.3 Å².